The molecule has 0 aromatic heterocycles. The summed E-state index contributed by atoms with van der Waals surface area (Å²) in [6.45, 7) is 17.7. The highest BCUT2D eigenvalue weighted by molar-refractivity contribution is 9.11. The van der Waals surface area contributed by atoms with Crippen molar-refractivity contribution in [2.24, 2.45) is 0 Å². The van der Waals surface area contributed by atoms with Gasteiger partial charge in [0.1, 0.15) is 23.0 Å². The van der Waals surface area contributed by atoms with Crippen LogP contribution in [0.1, 0.15) is 51.4 Å². The van der Waals surface area contributed by atoms with Crippen molar-refractivity contribution in [1.82, 2.24) is 0 Å². The topological polar surface area (TPSA) is 36.9 Å². The minimum absolute atomic E-state index is 0.588. The first kappa shape index (κ1) is 35.3. The van der Waals surface area contributed by atoms with E-state index in [9.17, 15) is 0 Å². The van der Waals surface area contributed by atoms with Gasteiger partial charge in [-0.15, -0.1) is 26.3 Å². The van der Waals surface area contributed by atoms with Crippen molar-refractivity contribution < 1.29 is 18.9 Å². The monoisotopic (exact) mass is 722 g/mol. The number of allylic oxidation sites excluding steroid dienone is 4. The number of rotatable bonds is 22. The van der Waals surface area contributed by atoms with Gasteiger partial charge in [0.05, 0.1) is 32.0 Å². The molecule has 0 aliphatic heterocycles. The average molecular weight is 725 g/mol. The van der Waals surface area contributed by atoms with Gasteiger partial charge in [-0.25, -0.2) is 0 Å². The standard InChI is InChI=1S/C38H44Br2O4/c1-5-9-13-20-41-30-24-29(25-31(26-30)42-21-14-10-6-2)32-27-35(40)33(28-34(32)39)38-36(43-22-15-11-7-3)18-17-19-37(38)44-23-16-12-8-4/h5-8,17-19,24-28H,1-4,9-16,20-23H2. The Hall–Kier alpha value is -3.22. The van der Waals surface area contributed by atoms with Crippen LogP contribution in [0.3, 0.4) is 0 Å². The van der Waals surface area contributed by atoms with Gasteiger partial charge in [0.25, 0.3) is 0 Å². The average Bonchev–Trinajstić information content (AvgIpc) is 3.03. The zero-order chi connectivity index (χ0) is 31.6. The number of hydrogen-bond acceptors (Lipinski definition) is 4. The summed E-state index contributed by atoms with van der Waals surface area (Å²) in [5, 5.41) is 0. The molecular formula is C38H44Br2O4. The third kappa shape index (κ3) is 11.0. The second-order valence-electron chi connectivity index (χ2n) is 10.3. The number of benzene rings is 3. The van der Waals surface area contributed by atoms with Gasteiger partial charge in [0.15, 0.2) is 0 Å². The fourth-order valence-corrected chi connectivity index (χ4v) is 5.64. The van der Waals surface area contributed by atoms with Gasteiger partial charge < -0.3 is 18.9 Å². The number of halogens is 2. The molecule has 3 aromatic rings. The molecule has 0 aliphatic carbocycles. The van der Waals surface area contributed by atoms with Gasteiger partial charge in [-0.3, -0.25) is 0 Å². The Labute approximate surface area is 280 Å². The molecule has 0 aliphatic rings. The molecule has 6 heteroatoms. The summed E-state index contributed by atoms with van der Waals surface area (Å²) < 4.78 is 26.7. The summed E-state index contributed by atoms with van der Waals surface area (Å²) in [7, 11) is 0. The zero-order valence-corrected chi connectivity index (χ0v) is 28.8. The molecule has 0 fully saturated rings. The van der Waals surface area contributed by atoms with Crippen molar-refractivity contribution in [3.8, 4) is 45.3 Å². The maximum atomic E-state index is 6.29. The zero-order valence-electron chi connectivity index (χ0n) is 25.6. The summed E-state index contributed by atoms with van der Waals surface area (Å²) in [6.07, 6.45) is 14.8. The molecule has 0 N–H and O–H groups in total. The largest absolute Gasteiger partial charge is 0.493 e. The van der Waals surface area contributed by atoms with Crippen LogP contribution in [0.5, 0.6) is 23.0 Å². The van der Waals surface area contributed by atoms with E-state index in [4.69, 9.17) is 18.9 Å². The van der Waals surface area contributed by atoms with E-state index in [1.165, 1.54) is 0 Å². The number of unbranched alkanes of at least 4 members (excludes halogenated alkanes) is 4. The SMILES string of the molecule is C=CCCCOc1cc(OCCCC=C)cc(-c2cc(Br)c(-c3c(OCCCC=C)cccc3OCCCC=C)cc2Br)c1. The molecule has 0 saturated heterocycles. The Balaban J connectivity index is 2.01. The molecule has 0 heterocycles. The van der Waals surface area contributed by atoms with E-state index < -0.39 is 0 Å². The van der Waals surface area contributed by atoms with Gasteiger partial charge in [-0.05, 0) is 98.9 Å². The maximum Gasteiger partial charge on any atom is 0.130 e. The Morgan fingerprint density at radius 2 is 0.932 bits per heavy atom. The molecule has 0 unspecified atom stereocenters. The summed E-state index contributed by atoms with van der Waals surface area (Å²) in [6, 6.07) is 16.3. The molecule has 0 saturated carbocycles. The highest BCUT2D eigenvalue weighted by atomic mass is 79.9. The summed E-state index contributed by atoms with van der Waals surface area (Å²) >= 11 is 7.76. The van der Waals surface area contributed by atoms with E-state index in [2.05, 4.69) is 82.4 Å². The van der Waals surface area contributed by atoms with Crippen LogP contribution in [-0.4, -0.2) is 26.4 Å². The smallest absolute Gasteiger partial charge is 0.130 e. The van der Waals surface area contributed by atoms with Crippen LogP contribution >= 0.6 is 31.9 Å². The maximum absolute atomic E-state index is 6.29. The van der Waals surface area contributed by atoms with Crippen molar-refractivity contribution >= 4 is 31.9 Å². The Morgan fingerprint density at radius 3 is 1.39 bits per heavy atom. The van der Waals surface area contributed by atoms with E-state index >= 15 is 0 Å². The van der Waals surface area contributed by atoms with Crippen LogP contribution in [0.4, 0.5) is 0 Å². The molecule has 0 spiro atoms. The van der Waals surface area contributed by atoms with E-state index in [0.29, 0.717) is 26.4 Å². The Kier molecular flexibility index (Phi) is 16.0. The van der Waals surface area contributed by atoms with Crippen LogP contribution < -0.4 is 18.9 Å². The van der Waals surface area contributed by atoms with Crippen LogP contribution in [0.2, 0.25) is 0 Å². The molecule has 0 radical (unpaired) electrons. The lowest BCUT2D eigenvalue weighted by molar-refractivity contribution is 0.297. The van der Waals surface area contributed by atoms with Crippen LogP contribution in [0, 0.1) is 0 Å². The second kappa shape index (κ2) is 19.9. The lowest BCUT2D eigenvalue weighted by Gasteiger charge is -2.19. The number of hydrogen-bond donors (Lipinski definition) is 0. The van der Waals surface area contributed by atoms with Crippen molar-refractivity contribution in [3.05, 3.63) is 108 Å². The summed E-state index contributed by atoms with van der Waals surface area (Å²) in [4.78, 5) is 0. The predicted molar refractivity (Wildman–Crippen MR) is 192 cm³/mol. The fourth-order valence-electron chi connectivity index (χ4n) is 4.53. The molecular weight excluding hydrogens is 680 g/mol. The molecule has 3 aromatic carbocycles. The van der Waals surface area contributed by atoms with Crippen LogP contribution in [0.25, 0.3) is 22.3 Å². The highest BCUT2D eigenvalue weighted by Gasteiger charge is 2.19. The minimum atomic E-state index is 0.588. The van der Waals surface area contributed by atoms with E-state index in [-0.39, 0.29) is 0 Å². The normalized spacial score (nSPS) is 10.6. The first-order valence-corrected chi connectivity index (χ1v) is 16.8. The van der Waals surface area contributed by atoms with Crippen LogP contribution in [0.15, 0.2) is 108 Å². The van der Waals surface area contributed by atoms with Gasteiger partial charge in [0, 0.05) is 20.6 Å². The van der Waals surface area contributed by atoms with E-state index in [1.54, 1.807) is 0 Å². The molecule has 0 atom stereocenters. The first-order valence-electron chi connectivity index (χ1n) is 15.2. The summed E-state index contributed by atoms with van der Waals surface area (Å²) in [5.41, 5.74) is 3.87. The minimum Gasteiger partial charge on any atom is -0.493 e. The van der Waals surface area contributed by atoms with Gasteiger partial charge in [0.2, 0.25) is 0 Å². The third-order valence-corrected chi connectivity index (χ3v) is 8.08. The molecule has 0 amide bonds. The van der Waals surface area contributed by atoms with Gasteiger partial charge >= 0.3 is 0 Å². The Morgan fingerprint density at radius 1 is 0.523 bits per heavy atom. The molecule has 234 valence electrons. The summed E-state index contributed by atoms with van der Waals surface area (Å²) in [5.74, 6) is 3.10. The van der Waals surface area contributed by atoms with Crippen LogP contribution in [-0.2, 0) is 0 Å². The van der Waals surface area contributed by atoms with Crippen molar-refractivity contribution in [1.29, 1.82) is 0 Å². The highest BCUT2D eigenvalue weighted by Crippen LogP contribution is 2.46. The molecule has 4 nitrogen and oxygen atoms in total. The van der Waals surface area contributed by atoms with Gasteiger partial charge in [-0.1, -0.05) is 62.2 Å². The van der Waals surface area contributed by atoms with Crippen molar-refractivity contribution in [2.45, 2.75) is 51.4 Å². The molecule has 44 heavy (non-hydrogen) atoms. The lowest BCUT2D eigenvalue weighted by atomic mass is 9.98. The first-order chi connectivity index (χ1) is 21.5. The third-order valence-electron chi connectivity index (χ3n) is 6.77. The number of ether oxygens (including phenoxy) is 4. The van der Waals surface area contributed by atoms with Gasteiger partial charge in [-0.2, -0.15) is 0 Å². The van der Waals surface area contributed by atoms with Crippen molar-refractivity contribution in [2.75, 3.05) is 26.4 Å². The second-order valence-corrected chi connectivity index (χ2v) is 12.0. The molecule has 3 rings (SSSR count). The lowest BCUT2D eigenvalue weighted by Crippen LogP contribution is -2.03. The fraction of sp³-hybridized carbons (Fsp3) is 0.316. The quantitative estimate of drug-likeness (QED) is 0.0764. The van der Waals surface area contributed by atoms with Crippen molar-refractivity contribution in [3.63, 3.8) is 0 Å². The Bertz CT molecular complexity index is 1310. The molecule has 0 bridgehead atoms. The predicted octanol–water partition coefficient (Wildman–Crippen LogP) is 11.9. The van der Waals surface area contributed by atoms with E-state index in [1.807, 2.05) is 48.6 Å². The van der Waals surface area contributed by atoms with E-state index in [0.717, 1.165) is 106 Å².